The third kappa shape index (κ3) is 1.80. The van der Waals surface area contributed by atoms with Crippen molar-refractivity contribution < 1.29 is 14.6 Å². The van der Waals surface area contributed by atoms with Gasteiger partial charge in [0.15, 0.2) is 6.29 Å². The van der Waals surface area contributed by atoms with Crippen LogP contribution < -0.4 is 0 Å². The van der Waals surface area contributed by atoms with E-state index in [0.717, 1.165) is 6.42 Å². The standard InChI is InChI=1S/C8H14O3/c1-3-4-6-7(9)5-11-8(6)10-2/h3,6-9H,1,4-5H2,2H3/t6?,7-,8?/m1/s1. The summed E-state index contributed by atoms with van der Waals surface area (Å²) in [5.41, 5.74) is 0. The molecule has 0 aromatic heterocycles. The summed E-state index contributed by atoms with van der Waals surface area (Å²) >= 11 is 0. The molecule has 11 heavy (non-hydrogen) atoms. The Balaban J connectivity index is 2.48. The van der Waals surface area contributed by atoms with Crippen LogP contribution in [0.3, 0.4) is 0 Å². The number of ether oxygens (including phenoxy) is 2. The number of allylic oxidation sites excluding steroid dienone is 1. The van der Waals surface area contributed by atoms with Crippen LogP contribution >= 0.6 is 0 Å². The molecule has 0 radical (unpaired) electrons. The predicted molar refractivity (Wildman–Crippen MR) is 41.1 cm³/mol. The number of hydrogen-bond acceptors (Lipinski definition) is 3. The van der Waals surface area contributed by atoms with Gasteiger partial charge in [0.05, 0.1) is 12.7 Å². The summed E-state index contributed by atoms with van der Waals surface area (Å²) in [5, 5.41) is 9.37. The first-order valence-electron chi connectivity index (χ1n) is 3.73. The fraction of sp³-hybridized carbons (Fsp3) is 0.750. The zero-order chi connectivity index (χ0) is 8.27. The number of aliphatic hydroxyl groups excluding tert-OH is 1. The van der Waals surface area contributed by atoms with E-state index in [0.29, 0.717) is 6.61 Å². The van der Waals surface area contributed by atoms with Crippen molar-refractivity contribution in [3.8, 4) is 0 Å². The third-order valence-corrected chi connectivity index (χ3v) is 1.95. The first kappa shape index (κ1) is 8.71. The molecule has 0 bridgehead atoms. The van der Waals surface area contributed by atoms with Gasteiger partial charge in [-0.2, -0.15) is 0 Å². The summed E-state index contributed by atoms with van der Waals surface area (Å²) in [7, 11) is 1.58. The molecule has 1 rings (SSSR count). The maximum atomic E-state index is 9.37. The highest BCUT2D eigenvalue weighted by atomic mass is 16.7. The van der Waals surface area contributed by atoms with Crippen LogP contribution in [0.15, 0.2) is 12.7 Å². The van der Waals surface area contributed by atoms with Gasteiger partial charge >= 0.3 is 0 Å². The van der Waals surface area contributed by atoms with Crippen molar-refractivity contribution in [3.05, 3.63) is 12.7 Å². The molecule has 1 fully saturated rings. The quantitative estimate of drug-likeness (QED) is 0.609. The van der Waals surface area contributed by atoms with Gasteiger partial charge in [-0.3, -0.25) is 0 Å². The Morgan fingerprint density at radius 1 is 1.82 bits per heavy atom. The number of aliphatic hydroxyl groups is 1. The Labute approximate surface area is 66.6 Å². The summed E-state index contributed by atoms with van der Waals surface area (Å²) < 4.78 is 10.2. The minimum absolute atomic E-state index is 0.0532. The lowest BCUT2D eigenvalue weighted by atomic mass is 10.0. The molecule has 0 spiro atoms. The van der Waals surface area contributed by atoms with Crippen molar-refractivity contribution in [3.63, 3.8) is 0 Å². The molecule has 0 aliphatic carbocycles. The lowest BCUT2D eigenvalue weighted by molar-refractivity contribution is -0.109. The van der Waals surface area contributed by atoms with Gasteiger partial charge in [0.25, 0.3) is 0 Å². The predicted octanol–water partition coefficient (Wildman–Crippen LogP) is 0.542. The minimum atomic E-state index is -0.405. The van der Waals surface area contributed by atoms with Gasteiger partial charge in [-0.1, -0.05) is 6.08 Å². The van der Waals surface area contributed by atoms with Gasteiger partial charge in [0, 0.05) is 13.0 Å². The van der Waals surface area contributed by atoms with E-state index >= 15 is 0 Å². The maximum absolute atomic E-state index is 9.37. The Bertz CT molecular complexity index is 135. The molecule has 0 aromatic rings. The SMILES string of the molecule is C=CCC1C(OC)OC[C@H]1O. The van der Waals surface area contributed by atoms with Crippen LogP contribution in [-0.2, 0) is 9.47 Å². The van der Waals surface area contributed by atoms with Gasteiger partial charge in [-0.15, -0.1) is 6.58 Å². The van der Waals surface area contributed by atoms with E-state index in [9.17, 15) is 5.11 Å². The molecule has 0 aromatic carbocycles. The van der Waals surface area contributed by atoms with Crippen molar-refractivity contribution in [1.29, 1.82) is 0 Å². The summed E-state index contributed by atoms with van der Waals surface area (Å²) in [4.78, 5) is 0. The fourth-order valence-corrected chi connectivity index (χ4v) is 1.33. The molecular weight excluding hydrogens is 144 g/mol. The summed E-state index contributed by atoms with van der Waals surface area (Å²) in [6, 6.07) is 0. The van der Waals surface area contributed by atoms with Crippen LogP contribution in [-0.4, -0.2) is 31.2 Å². The van der Waals surface area contributed by atoms with Gasteiger partial charge in [0.1, 0.15) is 0 Å². The average Bonchev–Trinajstić information content (AvgIpc) is 2.34. The van der Waals surface area contributed by atoms with Crippen LogP contribution in [0.2, 0.25) is 0 Å². The molecule has 1 aliphatic heterocycles. The average molecular weight is 158 g/mol. The monoisotopic (exact) mass is 158 g/mol. The molecule has 3 heteroatoms. The molecule has 3 atom stereocenters. The van der Waals surface area contributed by atoms with E-state index in [2.05, 4.69) is 6.58 Å². The van der Waals surface area contributed by atoms with Gasteiger partial charge in [0.2, 0.25) is 0 Å². The summed E-state index contributed by atoms with van der Waals surface area (Å²) in [5.74, 6) is 0.0532. The Morgan fingerprint density at radius 2 is 2.55 bits per heavy atom. The molecule has 1 heterocycles. The van der Waals surface area contributed by atoms with E-state index in [1.807, 2.05) is 0 Å². The molecule has 0 saturated carbocycles. The third-order valence-electron chi connectivity index (χ3n) is 1.95. The second-order valence-electron chi connectivity index (χ2n) is 2.69. The highest BCUT2D eigenvalue weighted by Gasteiger charge is 2.34. The second kappa shape index (κ2) is 3.85. The largest absolute Gasteiger partial charge is 0.390 e. The molecule has 1 aliphatic rings. The molecule has 0 amide bonds. The molecular formula is C8H14O3. The fourth-order valence-electron chi connectivity index (χ4n) is 1.33. The van der Waals surface area contributed by atoms with Crippen molar-refractivity contribution in [2.45, 2.75) is 18.8 Å². The summed E-state index contributed by atoms with van der Waals surface area (Å²) in [6.07, 6.45) is 1.84. The van der Waals surface area contributed by atoms with Crippen molar-refractivity contribution in [1.82, 2.24) is 0 Å². The zero-order valence-electron chi connectivity index (χ0n) is 6.69. The van der Waals surface area contributed by atoms with Crippen LogP contribution in [0.1, 0.15) is 6.42 Å². The molecule has 1 N–H and O–H groups in total. The lowest BCUT2D eigenvalue weighted by Crippen LogP contribution is -2.24. The molecule has 2 unspecified atom stereocenters. The van der Waals surface area contributed by atoms with E-state index in [-0.39, 0.29) is 12.2 Å². The number of hydrogen-bond donors (Lipinski definition) is 1. The Hall–Kier alpha value is -0.380. The van der Waals surface area contributed by atoms with Crippen LogP contribution in [0.4, 0.5) is 0 Å². The first-order chi connectivity index (χ1) is 5.29. The van der Waals surface area contributed by atoms with Gasteiger partial charge < -0.3 is 14.6 Å². The minimum Gasteiger partial charge on any atom is -0.390 e. The van der Waals surface area contributed by atoms with Crippen molar-refractivity contribution in [2.24, 2.45) is 5.92 Å². The van der Waals surface area contributed by atoms with Crippen LogP contribution in [0, 0.1) is 5.92 Å². The van der Waals surface area contributed by atoms with Crippen LogP contribution in [0.25, 0.3) is 0 Å². The summed E-state index contributed by atoms with van der Waals surface area (Å²) in [6.45, 7) is 3.98. The van der Waals surface area contributed by atoms with E-state index in [4.69, 9.17) is 9.47 Å². The maximum Gasteiger partial charge on any atom is 0.162 e. The highest BCUT2D eigenvalue weighted by Crippen LogP contribution is 2.25. The molecule has 64 valence electrons. The first-order valence-corrected chi connectivity index (χ1v) is 3.73. The smallest absolute Gasteiger partial charge is 0.162 e. The lowest BCUT2D eigenvalue weighted by Gasteiger charge is -2.16. The van der Waals surface area contributed by atoms with E-state index in [1.165, 1.54) is 0 Å². The molecule has 1 saturated heterocycles. The van der Waals surface area contributed by atoms with Crippen LogP contribution in [0.5, 0.6) is 0 Å². The highest BCUT2D eigenvalue weighted by molar-refractivity contribution is 4.84. The molecule has 3 nitrogen and oxygen atoms in total. The van der Waals surface area contributed by atoms with Gasteiger partial charge in [-0.25, -0.2) is 0 Å². The van der Waals surface area contributed by atoms with Crippen molar-refractivity contribution >= 4 is 0 Å². The normalized spacial score (nSPS) is 37.5. The number of rotatable bonds is 3. The second-order valence-corrected chi connectivity index (χ2v) is 2.69. The number of methoxy groups -OCH3 is 1. The van der Waals surface area contributed by atoms with Crippen molar-refractivity contribution in [2.75, 3.05) is 13.7 Å². The van der Waals surface area contributed by atoms with E-state index < -0.39 is 6.10 Å². The Morgan fingerprint density at radius 3 is 3.09 bits per heavy atom. The van der Waals surface area contributed by atoms with Gasteiger partial charge in [-0.05, 0) is 6.42 Å². The Kier molecular flexibility index (Phi) is 3.05. The topological polar surface area (TPSA) is 38.7 Å². The van der Waals surface area contributed by atoms with E-state index in [1.54, 1.807) is 13.2 Å². The zero-order valence-corrected chi connectivity index (χ0v) is 6.69.